The highest BCUT2D eigenvalue weighted by atomic mass is 16.3. The van der Waals surface area contributed by atoms with Gasteiger partial charge in [-0.3, -0.25) is 0 Å². The van der Waals surface area contributed by atoms with Gasteiger partial charge in [0, 0.05) is 22.5 Å². The third-order valence-electron chi connectivity index (χ3n) is 4.92. The van der Waals surface area contributed by atoms with Crippen molar-refractivity contribution in [3.05, 3.63) is 36.4 Å². The van der Waals surface area contributed by atoms with E-state index >= 15 is 0 Å². The summed E-state index contributed by atoms with van der Waals surface area (Å²) in [6.07, 6.45) is 5.19. The molecule has 2 atom stereocenters. The maximum atomic E-state index is 9.99. The largest absolute Gasteiger partial charge is 0.507 e. The highest BCUT2D eigenvalue weighted by molar-refractivity contribution is 5.97. The topological polar surface area (TPSA) is 32.3 Å². The third-order valence-corrected chi connectivity index (χ3v) is 4.92. The van der Waals surface area contributed by atoms with Crippen molar-refractivity contribution in [3.8, 4) is 5.75 Å². The number of hydrogen-bond acceptors (Lipinski definition) is 2. The summed E-state index contributed by atoms with van der Waals surface area (Å²) in [5.41, 5.74) is 1.15. The normalized spacial score (nSPS) is 22.6. The van der Waals surface area contributed by atoms with Crippen molar-refractivity contribution in [1.29, 1.82) is 0 Å². The van der Waals surface area contributed by atoms with E-state index in [0.717, 1.165) is 28.3 Å². The number of aromatic hydroxyl groups is 1. The predicted molar refractivity (Wildman–Crippen MR) is 89.8 cm³/mol. The SMILES string of the molecule is CC(C)C1CCCC(Nc2cccc3c(O)cccc23)C1. The first-order chi connectivity index (χ1) is 10.1. The van der Waals surface area contributed by atoms with Crippen LogP contribution in [0.15, 0.2) is 36.4 Å². The molecule has 2 heteroatoms. The lowest BCUT2D eigenvalue weighted by Gasteiger charge is -2.33. The van der Waals surface area contributed by atoms with Gasteiger partial charge in [0.15, 0.2) is 0 Å². The summed E-state index contributed by atoms with van der Waals surface area (Å²) in [7, 11) is 0. The summed E-state index contributed by atoms with van der Waals surface area (Å²) < 4.78 is 0. The molecule has 0 spiro atoms. The molecule has 2 N–H and O–H groups in total. The Morgan fingerprint density at radius 1 is 1.05 bits per heavy atom. The molecule has 1 aliphatic rings. The Morgan fingerprint density at radius 2 is 1.81 bits per heavy atom. The van der Waals surface area contributed by atoms with Gasteiger partial charge in [0.1, 0.15) is 5.75 Å². The van der Waals surface area contributed by atoms with Gasteiger partial charge in [-0.15, -0.1) is 0 Å². The number of nitrogens with one attached hydrogen (secondary N) is 1. The average Bonchev–Trinajstić information content (AvgIpc) is 2.49. The lowest BCUT2D eigenvalue weighted by molar-refractivity contribution is 0.264. The van der Waals surface area contributed by atoms with E-state index in [1.165, 1.54) is 25.7 Å². The van der Waals surface area contributed by atoms with Crippen molar-refractivity contribution in [2.45, 2.75) is 45.6 Å². The summed E-state index contributed by atoms with van der Waals surface area (Å²) in [4.78, 5) is 0. The van der Waals surface area contributed by atoms with Crippen LogP contribution in [-0.2, 0) is 0 Å². The average molecular weight is 283 g/mol. The van der Waals surface area contributed by atoms with E-state index in [9.17, 15) is 5.11 Å². The molecule has 2 unspecified atom stereocenters. The second-order valence-corrected chi connectivity index (χ2v) is 6.69. The van der Waals surface area contributed by atoms with Crippen LogP contribution in [0.5, 0.6) is 5.75 Å². The van der Waals surface area contributed by atoms with Crippen LogP contribution in [0.4, 0.5) is 5.69 Å². The molecule has 0 bridgehead atoms. The first-order valence-corrected chi connectivity index (χ1v) is 8.12. The Bertz CT molecular complexity index is 620. The fourth-order valence-corrected chi connectivity index (χ4v) is 3.60. The molecule has 0 amide bonds. The van der Waals surface area contributed by atoms with E-state index in [-0.39, 0.29) is 0 Å². The van der Waals surface area contributed by atoms with Gasteiger partial charge in [0.2, 0.25) is 0 Å². The van der Waals surface area contributed by atoms with E-state index in [1.54, 1.807) is 6.07 Å². The number of phenols is 1. The highest BCUT2D eigenvalue weighted by Crippen LogP contribution is 2.34. The molecule has 112 valence electrons. The van der Waals surface area contributed by atoms with Gasteiger partial charge in [-0.2, -0.15) is 0 Å². The van der Waals surface area contributed by atoms with Crippen molar-refractivity contribution in [2.75, 3.05) is 5.32 Å². The zero-order valence-corrected chi connectivity index (χ0v) is 13.0. The fourth-order valence-electron chi connectivity index (χ4n) is 3.60. The molecule has 1 aliphatic carbocycles. The Balaban J connectivity index is 1.83. The number of rotatable bonds is 3. The Morgan fingerprint density at radius 3 is 2.62 bits per heavy atom. The summed E-state index contributed by atoms with van der Waals surface area (Å²) in [5, 5.41) is 15.8. The Hall–Kier alpha value is -1.70. The second-order valence-electron chi connectivity index (χ2n) is 6.69. The quantitative estimate of drug-likeness (QED) is 0.814. The van der Waals surface area contributed by atoms with Gasteiger partial charge in [0.05, 0.1) is 0 Å². The van der Waals surface area contributed by atoms with E-state index in [0.29, 0.717) is 11.8 Å². The monoisotopic (exact) mass is 283 g/mol. The van der Waals surface area contributed by atoms with Gasteiger partial charge in [-0.25, -0.2) is 0 Å². The maximum Gasteiger partial charge on any atom is 0.123 e. The number of fused-ring (bicyclic) bond motifs is 1. The molecule has 3 rings (SSSR count). The Kier molecular flexibility index (Phi) is 4.05. The zero-order valence-electron chi connectivity index (χ0n) is 13.0. The summed E-state index contributed by atoms with van der Waals surface area (Å²) in [5.74, 6) is 1.96. The Labute approximate surface area is 127 Å². The molecule has 1 fully saturated rings. The zero-order chi connectivity index (χ0) is 14.8. The van der Waals surface area contributed by atoms with Crippen molar-refractivity contribution in [1.82, 2.24) is 0 Å². The van der Waals surface area contributed by atoms with Crippen molar-refractivity contribution < 1.29 is 5.11 Å². The number of anilines is 1. The number of hydrogen-bond donors (Lipinski definition) is 2. The standard InChI is InChI=1S/C19H25NO/c1-13(2)14-6-3-7-15(12-14)20-18-10-4-9-17-16(18)8-5-11-19(17)21/h4-5,8-11,13-15,20-21H,3,6-7,12H2,1-2H3. The van der Waals surface area contributed by atoms with Crippen LogP contribution >= 0.6 is 0 Å². The number of phenolic OH excluding ortho intramolecular Hbond substituents is 1. The summed E-state index contributed by atoms with van der Waals surface area (Å²) >= 11 is 0. The van der Waals surface area contributed by atoms with E-state index < -0.39 is 0 Å². The van der Waals surface area contributed by atoms with Crippen LogP contribution in [0.25, 0.3) is 10.8 Å². The predicted octanol–water partition coefficient (Wildman–Crippen LogP) is 5.17. The summed E-state index contributed by atoms with van der Waals surface area (Å²) in [6.45, 7) is 4.67. The smallest absolute Gasteiger partial charge is 0.123 e. The van der Waals surface area contributed by atoms with Crippen LogP contribution < -0.4 is 5.32 Å². The van der Waals surface area contributed by atoms with Crippen molar-refractivity contribution in [3.63, 3.8) is 0 Å². The minimum Gasteiger partial charge on any atom is -0.507 e. The van der Waals surface area contributed by atoms with Gasteiger partial charge >= 0.3 is 0 Å². The fraction of sp³-hybridized carbons (Fsp3) is 0.474. The maximum absolute atomic E-state index is 9.99. The highest BCUT2D eigenvalue weighted by Gasteiger charge is 2.24. The molecule has 0 heterocycles. The van der Waals surface area contributed by atoms with Crippen LogP contribution in [-0.4, -0.2) is 11.1 Å². The third kappa shape index (κ3) is 2.99. The lowest BCUT2D eigenvalue weighted by atomic mass is 9.79. The van der Waals surface area contributed by atoms with Gasteiger partial charge in [-0.05, 0) is 36.8 Å². The molecule has 21 heavy (non-hydrogen) atoms. The first kappa shape index (κ1) is 14.2. The van der Waals surface area contributed by atoms with Crippen molar-refractivity contribution >= 4 is 16.5 Å². The molecule has 0 aliphatic heterocycles. The van der Waals surface area contributed by atoms with Gasteiger partial charge in [-0.1, -0.05) is 51.0 Å². The van der Waals surface area contributed by atoms with Crippen molar-refractivity contribution in [2.24, 2.45) is 11.8 Å². The van der Waals surface area contributed by atoms with E-state index in [1.807, 2.05) is 18.2 Å². The minimum absolute atomic E-state index is 0.361. The molecule has 0 saturated heterocycles. The molecule has 2 aromatic carbocycles. The van der Waals surface area contributed by atoms with Gasteiger partial charge < -0.3 is 10.4 Å². The second kappa shape index (κ2) is 5.97. The van der Waals surface area contributed by atoms with Crippen LogP contribution in [0.2, 0.25) is 0 Å². The summed E-state index contributed by atoms with van der Waals surface area (Å²) in [6, 6.07) is 12.4. The molecular formula is C19H25NO. The van der Waals surface area contributed by atoms with Crippen LogP contribution in [0.1, 0.15) is 39.5 Å². The molecule has 0 radical (unpaired) electrons. The minimum atomic E-state index is 0.361. The van der Waals surface area contributed by atoms with Crippen LogP contribution in [0.3, 0.4) is 0 Å². The molecule has 2 nitrogen and oxygen atoms in total. The molecule has 1 saturated carbocycles. The first-order valence-electron chi connectivity index (χ1n) is 8.12. The van der Waals surface area contributed by atoms with Gasteiger partial charge in [0.25, 0.3) is 0 Å². The molecule has 0 aromatic heterocycles. The lowest BCUT2D eigenvalue weighted by Crippen LogP contribution is -2.29. The molecule has 2 aromatic rings. The van der Waals surface area contributed by atoms with Crippen LogP contribution in [0, 0.1) is 11.8 Å². The number of benzene rings is 2. The van der Waals surface area contributed by atoms with E-state index in [2.05, 4.69) is 31.3 Å². The van der Waals surface area contributed by atoms with E-state index in [4.69, 9.17) is 0 Å². The molecular weight excluding hydrogens is 258 g/mol.